The second-order valence-electron chi connectivity index (χ2n) is 4.79. The second kappa shape index (κ2) is 5.20. The third-order valence-corrected chi connectivity index (χ3v) is 3.60. The lowest BCUT2D eigenvalue weighted by Crippen LogP contribution is -2.26. The molecule has 0 aromatic carbocycles. The predicted molar refractivity (Wildman–Crippen MR) is 70.6 cm³/mol. The summed E-state index contributed by atoms with van der Waals surface area (Å²) in [6, 6.07) is 0.236. The lowest BCUT2D eigenvalue weighted by Gasteiger charge is -2.30. The highest BCUT2D eigenvalue weighted by atomic mass is 16.1. The Balaban J connectivity index is 2.25. The Morgan fingerprint density at radius 2 is 2.28 bits per heavy atom. The van der Waals surface area contributed by atoms with Gasteiger partial charge < -0.3 is 16.5 Å². The molecule has 18 heavy (non-hydrogen) atoms. The van der Waals surface area contributed by atoms with Crippen LogP contribution in [-0.4, -0.2) is 28.9 Å². The van der Waals surface area contributed by atoms with E-state index in [1.165, 1.54) is 6.42 Å². The van der Waals surface area contributed by atoms with Gasteiger partial charge >= 0.3 is 0 Å². The van der Waals surface area contributed by atoms with Crippen molar-refractivity contribution < 1.29 is 4.79 Å². The van der Waals surface area contributed by atoms with Crippen LogP contribution in [0.4, 0.5) is 5.82 Å². The molecule has 1 amide bonds. The summed E-state index contributed by atoms with van der Waals surface area (Å²) < 4.78 is 1.78. The van der Waals surface area contributed by atoms with Gasteiger partial charge in [-0.3, -0.25) is 9.48 Å². The first kappa shape index (κ1) is 12.6. The van der Waals surface area contributed by atoms with E-state index in [0.717, 1.165) is 25.8 Å². The van der Waals surface area contributed by atoms with Gasteiger partial charge in [-0.05, 0) is 19.6 Å². The molecule has 2 rings (SSSR count). The Kier molecular flexibility index (Phi) is 3.64. The lowest BCUT2D eigenvalue weighted by atomic mass is 9.84. The van der Waals surface area contributed by atoms with E-state index in [1.807, 2.05) is 0 Å². The Labute approximate surface area is 106 Å². The van der Waals surface area contributed by atoms with E-state index in [0.29, 0.717) is 11.5 Å². The first-order valence-electron chi connectivity index (χ1n) is 6.20. The summed E-state index contributed by atoms with van der Waals surface area (Å²) in [5, 5.41) is 4.22. The van der Waals surface area contributed by atoms with Crippen LogP contribution in [0.15, 0.2) is 11.2 Å². The Hall–Kier alpha value is -1.85. The van der Waals surface area contributed by atoms with E-state index in [9.17, 15) is 4.79 Å². The molecule has 0 saturated heterocycles. The fourth-order valence-electron chi connectivity index (χ4n) is 2.68. The quantitative estimate of drug-likeness (QED) is 0.778. The Morgan fingerprint density at radius 1 is 1.56 bits per heavy atom. The molecule has 1 aromatic rings. The van der Waals surface area contributed by atoms with Crippen molar-refractivity contribution in [3.8, 4) is 0 Å². The average Bonchev–Trinajstić information content (AvgIpc) is 2.72. The van der Waals surface area contributed by atoms with Crippen LogP contribution in [0.5, 0.6) is 0 Å². The molecule has 6 nitrogen and oxygen atoms in total. The summed E-state index contributed by atoms with van der Waals surface area (Å²) in [5.74, 6) is 0.0858. The van der Waals surface area contributed by atoms with E-state index >= 15 is 0 Å². The molecule has 0 radical (unpaired) electrons. The molecular formula is C12H19N5O. The number of nitrogens with two attached hydrogens (primary N) is 2. The Bertz CT molecular complexity index is 453. The maximum absolute atomic E-state index is 11.2. The molecule has 4 N–H and O–H groups in total. The monoisotopic (exact) mass is 249 g/mol. The first-order chi connectivity index (χ1) is 8.63. The third-order valence-electron chi connectivity index (χ3n) is 3.60. The van der Waals surface area contributed by atoms with Crippen LogP contribution in [-0.2, 0) is 0 Å². The van der Waals surface area contributed by atoms with E-state index in [4.69, 9.17) is 11.5 Å². The predicted octanol–water partition coefficient (Wildman–Crippen LogP) is 0.996. The SMILES string of the molecule is C=NCC1CCCCC1n1cc(C(N)=O)c(N)n1. The maximum atomic E-state index is 11.2. The summed E-state index contributed by atoms with van der Waals surface area (Å²) in [4.78, 5) is 15.2. The van der Waals surface area contributed by atoms with E-state index < -0.39 is 5.91 Å². The van der Waals surface area contributed by atoms with Gasteiger partial charge in [-0.1, -0.05) is 12.8 Å². The fourth-order valence-corrected chi connectivity index (χ4v) is 2.68. The van der Waals surface area contributed by atoms with Crippen LogP contribution in [0, 0.1) is 5.92 Å². The van der Waals surface area contributed by atoms with Crippen LogP contribution in [0.1, 0.15) is 42.1 Å². The smallest absolute Gasteiger partial charge is 0.254 e. The number of carbonyl (C=O) groups is 1. The molecule has 1 aliphatic carbocycles. The summed E-state index contributed by atoms with van der Waals surface area (Å²) in [7, 11) is 0. The minimum atomic E-state index is -0.534. The minimum Gasteiger partial charge on any atom is -0.382 e. The van der Waals surface area contributed by atoms with Crippen molar-refractivity contribution in [2.24, 2.45) is 16.6 Å². The highest BCUT2D eigenvalue weighted by Gasteiger charge is 2.28. The number of carbonyl (C=O) groups excluding carboxylic acids is 1. The standard InChI is InChI=1S/C12H19N5O/c1-15-6-8-4-2-3-5-10(8)17-7-9(12(14)18)11(13)16-17/h7-8,10H,1-6H2,(H2,13,16)(H2,14,18). The van der Waals surface area contributed by atoms with Gasteiger partial charge in [0.25, 0.3) is 5.91 Å². The summed E-state index contributed by atoms with van der Waals surface area (Å²) in [6.07, 6.45) is 6.15. The van der Waals surface area contributed by atoms with Gasteiger partial charge in [0.1, 0.15) is 5.56 Å². The number of nitrogen functional groups attached to an aromatic ring is 1. The zero-order chi connectivity index (χ0) is 13.1. The molecule has 0 aliphatic heterocycles. The molecule has 98 valence electrons. The van der Waals surface area contributed by atoms with Crippen molar-refractivity contribution in [2.45, 2.75) is 31.7 Å². The highest BCUT2D eigenvalue weighted by molar-refractivity contribution is 5.96. The zero-order valence-corrected chi connectivity index (χ0v) is 10.4. The van der Waals surface area contributed by atoms with Crippen LogP contribution in [0.3, 0.4) is 0 Å². The topological polar surface area (TPSA) is 99.3 Å². The minimum absolute atomic E-state index is 0.207. The number of anilines is 1. The van der Waals surface area contributed by atoms with Crippen molar-refractivity contribution in [3.05, 3.63) is 11.8 Å². The highest BCUT2D eigenvalue weighted by Crippen LogP contribution is 2.34. The van der Waals surface area contributed by atoms with Crippen LogP contribution in [0.25, 0.3) is 0 Å². The second-order valence-corrected chi connectivity index (χ2v) is 4.79. The molecule has 1 aromatic heterocycles. The Morgan fingerprint density at radius 3 is 2.89 bits per heavy atom. The van der Waals surface area contributed by atoms with E-state index in [-0.39, 0.29) is 11.9 Å². The van der Waals surface area contributed by atoms with Crippen LogP contribution >= 0.6 is 0 Å². The molecule has 1 heterocycles. The van der Waals surface area contributed by atoms with Gasteiger partial charge in [0.05, 0.1) is 6.04 Å². The van der Waals surface area contributed by atoms with Crippen LogP contribution in [0.2, 0.25) is 0 Å². The molecule has 1 saturated carbocycles. The number of primary amides is 1. The van der Waals surface area contributed by atoms with Gasteiger partial charge in [-0.15, -0.1) is 0 Å². The summed E-state index contributed by atoms with van der Waals surface area (Å²) in [6.45, 7) is 4.27. The largest absolute Gasteiger partial charge is 0.382 e. The van der Waals surface area contributed by atoms with Gasteiger partial charge in [-0.2, -0.15) is 5.10 Å². The van der Waals surface area contributed by atoms with Crippen LogP contribution < -0.4 is 11.5 Å². The van der Waals surface area contributed by atoms with Crippen molar-refractivity contribution in [1.82, 2.24) is 9.78 Å². The number of hydrogen-bond donors (Lipinski definition) is 2. The summed E-state index contributed by atoms with van der Waals surface area (Å²) in [5.41, 5.74) is 11.2. The van der Waals surface area contributed by atoms with E-state index in [2.05, 4.69) is 16.8 Å². The van der Waals surface area contributed by atoms with Crippen molar-refractivity contribution >= 4 is 18.4 Å². The number of hydrogen-bond acceptors (Lipinski definition) is 4. The first-order valence-corrected chi connectivity index (χ1v) is 6.20. The maximum Gasteiger partial charge on any atom is 0.254 e. The van der Waals surface area contributed by atoms with Crippen molar-refractivity contribution in [2.75, 3.05) is 12.3 Å². The molecule has 6 heteroatoms. The molecule has 0 spiro atoms. The van der Waals surface area contributed by atoms with Gasteiger partial charge in [0.15, 0.2) is 5.82 Å². The van der Waals surface area contributed by atoms with Crippen molar-refractivity contribution in [1.29, 1.82) is 0 Å². The van der Waals surface area contributed by atoms with Gasteiger partial charge in [-0.25, -0.2) is 0 Å². The normalized spacial score (nSPS) is 23.8. The molecule has 0 bridgehead atoms. The van der Waals surface area contributed by atoms with Gasteiger partial charge in [0.2, 0.25) is 0 Å². The molecule has 2 unspecified atom stereocenters. The van der Waals surface area contributed by atoms with Gasteiger partial charge in [0, 0.05) is 18.7 Å². The third kappa shape index (κ3) is 2.37. The number of nitrogens with zero attached hydrogens (tertiary/aromatic N) is 3. The molecule has 1 fully saturated rings. The number of rotatable bonds is 4. The zero-order valence-electron chi connectivity index (χ0n) is 10.4. The molecular weight excluding hydrogens is 230 g/mol. The lowest BCUT2D eigenvalue weighted by molar-refractivity contribution is 0.100. The summed E-state index contributed by atoms with van der Waals surface area (Å²) >= 11 is 0. The van der Waals surface area contributed by atoms with Crippen molar-refractivity contribution in [3.63, 3.8) is 0 Å². The fraction of sp³-hybridized carbons (Fsp3) is 0.583. The number of aliphatic imine (C=N–C) groups is 1. The molecule has 2 atom stereocenters. The number of amides is 1. The number of aromatic nitrogens is 2. The molecule has 1 aliphatic rings. The van der Waals surface area contributed by atoms with E-state index in [1.54, 1.807) is 10.9 Å². The average molecular weight is 249 g/mol.